The predicted molar refractivity (Wildman–Crippen MR) is 149 cm³/mol. The van der Waals surface area contributed by atoms with Crippen LogP contribution in [0.5, 0.6) is 0 Å². The maximum Gasteiger partial charge on any atom is 0.0974 e. The van der Waals surface area contributed by atoms with E-state index >= 15 is 0 Å². The molecule has 1 saturated heterocycles. The first-order chi connectivity index (χ1) is 18.1. The van der Waals surface area contributed by atoms with Gasteiger partial charge in [-0.25, -0.2) is 0 Å². The van der Waals surface area contributed by atoms with E-state index < -0.39 is 0 Å². The third-order valence-electron chi connectivity index (χ3n) is 10.8. The van der Waals surface area contributed by atoms with E-state index in [2.05, 4.69) is 60.6 Å². The van der Waals surface area contributed by atoms with Crippen molar-refractivity contribution in [2.24, 2.45) is 11.3 Å². The molecule has 196 valence electrons. The predicted octanol–water partition coefficient (Wildman–Crippen LogP) is 6.86. The summed E-state index contributed by atoms with van der Waals surface area (Å²) in [5.41, 5.74) is 4.68. The third kappa shape index (κ3) is 3.70. The second-order valence-electron chi connectivity index (χ2n) is 12.7. The van der Waals surface area contributed by atoms with E-state index in [-0.39, 0.29) is 16.6 Å². The second-order valence-corrected chi connectivity index (χ2v) is 12.7. The molecule has 6 atom stereocenters. The smallest absolute Gasteiger partial charge is 0.0974 e. The zero-order valence-electron chi connectivity index (χ0n) is 22.6. The number of nitrogens with zero attached hydrogens (tertiary/aromatic N) is 1. The summed E-state index contributed by atoms with van der Waals surface area (Å²) in [6.07, 6.45) is 19.7. The van der Waals surface area contributed by atoms with Crippen molar-refractivity contribution in [1.82, 2.24) is 10.3 Å². The summed E-state index contributed by atoms with van der Waals surface area (Å²) >= 11 is 0. The van der Waals surface area contributed by atoms with Crippen LogP contribution in [-0.4, -0.2) is 42.0 Å². The van der Waals surface area contributed by atoms with Crippen LogP contribution in [0.4, 0.5) is 0 Å². The van der Waals surface area contributed by atoms with Gasteiger partial charge in [-0.2, -0.15) is 0 Å². The summed E-state index contributed by atoms with van der Waals surface area (Å²) in [6.45, 7) is 7.36. The molecular weight excluding hydrogens is 456 g/mol. The molecule has 2 spiro atoms. The average molecular weight is 499 g/mol. The van der Waals surface area contributed by atoms with Crippen LogP contribution in [0.15, 0.2) is 60.0 Å². The van der Waals surface area contributed by atoms with Crippen LogP contribution in [0, 0.1) is 11.3 Å². The van der Waals surface area contributed by atoms with Gasteiger partial charge in [0.25, 0.3) is 0 Å². The Hall–Kier alpha value is -2.01. The SMILES string of the molecule is CCCOCCN[C@H]1CCC2=CC3=CC[C@]4(C)[C@@H](c5ccc6ccncc6c5)CC[C@H]4[C@@]34CC[C@]2(C1)O4. The van der Waals surface area contributed by atoms with Crippen molar-refractivity contribution in [2.45, 2.75) is 94.8 Å². The molecule has 1 aromatic carbocycles. The van der Waals surface area contributed by atoms with Gasteiger partial charge in [-0.1, -0.05) is 38.1 Å². The third-order valence-corrected chi connectivity index (χ3v) is 10.8. The number of nitrogens with one attached hydrogen (secondary N) is 1. The van der Waals surface area contributed by atoms with E-state index in [0.29, 0.717) is 17.9 Å². The Bertz CT molecular complexity index is 1250. The standard InChI is InChI=1S/C33H42N2O2/c1-3-17-36-18-16-35-28-7-6-26-20-27-10-12-31(2)29(24-5-4-23-11-15-34-22-25(23)19-24)8-9-30(31)33(27)14-13-32(26,21-28)37-33/h4-5,10-11,15,19-20,22,28-30,35H,3,6-9,12-14,16-18,21H2,1-2H3/t28-,29+,30+,31+,32+,33+/m0/s1. The van der Waals surface area contributed by atoms with Gasteiger partial charge in [0.05, 0.1) is 17.8 Å². The van der Waals surface area contributed by atoms with Crippen LogP contribution < -0.4 is 5.32 Å². The minimum atomic E-state index is -0.0875. The Morgan fingerprint density at radius 2 is 2.05 bits per heavy atom. The minimum Gasteiger partial charge on any atom is -0.380 e. The fourth-order valence-corrected chi connectivity index (χ4v) is 9.03. The van der Waals surface area contributed by atoms with Gasteiger partial charge in [0.15, 0.2) is 0 Å². The fourth-order valence-electron chi connectivity index (χ4n) is 9.03. The number of hydrogen-bond donors (Lipinski definition) is 1. The number of rotatable bonds is 7. The van der Waals surface area contributed by atoms with Gasteiger partial charge in [-0.15, -0.1) is 0 Å². The molecule has 7 rings (SSSR count). The number of ether oxygens (including phenoxy) is 2. The van der Waals surface area contributed by atoms with Gasteiger partial charge < -0.3 is 14.8 Å². The van der Waals surface area contributed by atoms with Gasteiger partial charge in [0.1, 0.15) is 0 Å². The lowest BCUT2D eigenvalue weighted by atomic mass is 9.58. The minimum absolute atomic E-state index is 0.0531. The van der Waals surface area contributed by atoms with Crippen LogP contribution in [0.1, 0.15) is 83.1 Å². The number of hydrogen-bond acceptors (Lipinski definition) is 4. The zero-order chi connectivity index (χ0) is 25.1. The van der Waals surface area contributed by atoms with Crippen molar-refractivity contribution in [1.29, 1.82) is 0 Å². The van der Waals surface area contributed by atoms with Gasteiger partial charge in [0.2, 0.25) is 0 Å². The lowest BCUT2D eigenvalue weighted by molar-refractivity contribution is -0.136. The van der Waals surface area contributed by atoms with Crippen LogP contribution in [0.3, 0.4) is 0 Å². The van der Waals surface area contributed by atoms with E-state index in [9.17, 15) is 0 Å². The normalized spacial score (nSPS) is 38.1. The van der Waals surface area contributed by atoms with Crippen molar-refractivity contribution in [2.75, 3.05) is 19.8 Å². The Kier molecular flexibility index (Phi) is 5.87. The Balaban J connectivity index is 1.15. The molecule has 0 radical (unpaired) electrons. The summed E-state index contributed by atoms with van der Waals surface area (Å²) in [7, 11) is 0. The molecule has 4 nitrogen and oxygen atoms in total. The summed E-state index contributed by atoms with van der Waals surface area (Å²) in [5.74, 6) is 1.16. The maximum atomic E-state index is 7.47. The van der Waals surface area contributed by atoms with E-state index in [1.807, 2.05) is 12.4 Å². The molecule has 0 unspecified atom stereocenters. The number of benzene rings is 1. The highest BCUT2D eigenvalue weighted by atomic mass is 16.5. The Labute approximate surface area is 221 Å². The first-order valence-electron chi connectivity index (χ1n) is 14.8. The molecule has 3 heterocycles. The molecule has 2 aliphatic heterocycles. The van der Waals surface area contributed by atoms with Crippen molar-refractivity contribution < 1.29 is 9.47 Å². The molecule has 2 saturated carbocycles. The van der Waals surface area contributed by atoms with Crippen LogP contribution in [-0.2, 0) is 9.47 Å². The topological polar surface area (TPSA) is 43.4 Å². The molecule has 1 N–H and O–H groups in total. The summed E-state index contributed by atoms with van der Waals surface area (Å²) in [4.78, 5) is 4.39. The van der Waals surface area contributed by atoms with Gasteiger partial charge in [-0.3, -0.25) is 4.98 Å². The van der Waals surface area contributed by atoms with Gasteiger partial charge in [-0.05, 0) is 109 Å². The molecule has 0 amide bonds. The summed E-state index contributed by atoms with van der Waals surface area (Å²) in [6, 6.07) is 9.74. The molecule has 2 aromatic rings. The van der Waals surface area contributed by atoms with E-state index in [1.54, 1.807) is 5.57 Å². The Morgan fingerprint density at radius 1 is 1.11 bits per heavy atom. The zero-order valence-corrected chi connectivity index (χ0v) is 22.6. The molecule has 1 aromatic heterocycles. The lowest BCUT2D eigenvalue weighted by Crippen LogP contribution is -2.55. The maximum absolute atomic E-state index is 7.47. The van der Waals surface area contributed by atoms with E-state index in [4.69, 9.17) is 9.47 Å². The highest BCUT2D eigenvalue weighted by molar-refractivity contribution is 5.82. The van der Waals surface area contributed by atoms with Crippen molar-refractivity contribution in [3.63, 3.8) is 0 Å². The Morgan fingerprint density at radius 3 is 2.97 bits per heavy atom. The average Bonchev–Trinajstić information content (AvgIpc) is 3.43. The van der Waals surface area contributed by atoms with Gasteiger partial charge >= 0.3 is 0 Å². The highest BCUT2D eigenvalue weighted by Crippen LogP contribution is 2.69. The summed E-state index contributed by atoms with van der Waals surface area (Å²) in [5, 5.41) is 6.35. The quantitative estimate of drug-likeness (QED) is 0.424. The molecule has 3 aliphatic carbocycles. The van der Waals surface area contributed by atoms with E-state index in [1.165, 1.54) is 54.0 Å². The monoisotopic (exact) mass is 498 g/mol. The molecule has 5 aliphatic rings. The largest absolute Gasteiger partial charge is 0.380 e. The fraction of sp³-hybridized carbons (Fsp3) is 0.606. The number of fused-ring (bicyclic) bond motifs is 2. The number of aromatic nitrogens is 1. The van der Waals surface area contributed by atoms with E-state index in [0.717, 1.165) is 45.4 Å². The molecule has 37 heavy (non-hydrogen) atoms. The van der Waals surface area contributed by atoms with Crippen molar-refractivity contribution >= 4 is 10.8 Å². The number of allylic oxidation sites excluding steroid dienone is 1. The van der Waals surface area contributed by atoms with Crippen LogP contribution in [0.2, 0.25) is 0 Å². The van der Waals surface area contributed by atoms with Crippen molar-refractivity contribution in [3.05, 3.63) is 65.5 Å². The second kappa shape index (κ2) is 9.03. The lowest BCUT2D eigenvalue weighted by Gasteiger charge is -2.54. The highest BCUT2D eigenvalue weighted by Gasteiger charge is 2.66. The van der Waals surface area contributed by atoms with Crippen molar-refractivity contribution in [3.8, 4) is 0 Å². The summed E-state index contributed by atoms with van der Waals surface area (Å²) < 4.78 is 13.2. The van der Waals surface area contributed by atoms with Crippen LogP contribution in [0.25, 0.3) is 10.8 Å². The first-order valence-corrected chi connectivity index (χ1v) is 14.8. The first kappa shape index (κ1) is 24.1. The van der Waals surface area contributed by atoms with Crippen LogP contribution >= 0.6 is 0 Å². The molecular formula is C33H42N2O2. The van der Waals surface area contributed by atoms with Gasteiger partial charge in [0, 0.05) is 37.0 Å². The molecule has 2 bridgehead atoms. The molecule has 4 heteroatoms. The molecule has 3 fully saturated rings. The number of pyridine rings is 1.